The normalized spacial score (nSPS) is 18.1. The maximum Gasteiger partial charge on any atom is 0.421 e. The van der Waals surface area contributed by atoms with Crippen LogP contribution in [0.25, 0.3) is 0 Å². The van der Waals surface area contributed by atoms with Crippen LogP contribution in [0.3, 0.4) is 0 Å². The molecule has 3 N–H and O–H groups in total. The highest BCUT2D eigenvalue weighted by atomic mass is 16.6. The van der Waals surface area contributed by atoms with Crippen LogP contribution in [0.4, 0.5) is 15.3 Å². The van der Waals surface area contributed by atoms with E-state index in [0.717, 1.165) is 10.5 Å². The number of ether oxygens (including phenoxy) is 2. The number of alkyl carbamates (subject to hydrolysis) is 1. The summed E-state index contributed by atoms with van der Waals surface area (Å²) >= 11 is 0. The zero-order chi connectivity index (χ0) is 28.2. The van der Waals surface area contributed by atoms with Crippen molar-refractivity contribution in [3.63, 3.8) is 0 Å². The van der Waals surface area contributed by atoms with E-state index < -0.39 is 41.2 Å². The molecule has 1 saturated heterocycles. The number of benzene rings is 1. The monoisotopic (exact) mass is 518 g/mol. The van der Waals surface area contributed by atoms with Crippen LogP contribution in [0, 0.1) is 0 Å². The number of amides is 4. The van der Waals surface area contributed by atoms with Gasteiger partial charge < -0.3 is 25.4 Å². The molecule has 4 amide bonds. The molecule has 2 atom stereocenters. The van der Waals surface area contributed by atoms with E-state index in [2.05, 4.69) is 36.7 Å². The predicted molar refractivity (Wildman–Crippen MR) is 141 cm³/mol. The van der Waals surface area contributed by atoms with Gasteiger partial charge in [0.1, 0.15) is 17.7 Å². The molecule has 1 aliphatic rings. The molecule has 0 aromatic heterocycles. The molecule has 1 fully saturated rings. The van der Waals surface area contributed by atoms with Crippen molar-refractivity contribution in [1.29, 1.82) is 0 Å². The summed E-state index contributed by atoms with van der Waals surface area (Å²) in [5.74, 6) is -0.881. The summed E-state index contributed by atoms with van der Waals surface area (Å²) in [6.07, 6.45) is -1.18. The molecule has 0 spiro atoms. The predicted octanol–water partition coefficient (Wildman–Crippen LogP) is 3.62. The number of nitrogens with one attached hydrogen (secondary N) is 3. The van der Waals surface area contributed by atoms with Crippen LogP contribution < -0.4 is 20.9 Å². The molecule has 1 aromatic carbocycles. The fraction of sp³-hybridized carbons (Fsp3) is 0.630. The number of anilines is 1. The van der Waals surface area contributed by atoms with Crippen LogP contribution in [0.2, 0.25) is 0 Å². The summed E-state index contributed by atoms with van der Waals surface area (Å²) in [5.41, 5.74) is -0.0772. The van der Waals surface area contributed by atoms with Gasteiger partial charge in [0.25, 0.3) is 5.91 Å². The van der Waals surface area contributed by atoms with Gasteiger partial charge in [0.15, 0.2) is 0 Å². The van der Waals surface area contributed by atoms with Gasteiger partial charge in [0, 0.05) is 12.6 Å². The molecule has 1 aliphatic heterocycles. The van der Waals surface area contributed by atoms with Crippen LogP contribution in [-0.4, -0.2) is 60.4 Å². The quantitative estimate of drug-likeness (QED) is 0.543. The molecular weight excluding hydrogens is 476 g/mol. The van der Waals surface area contributed by atoms with Gasteiger partial charge in [0.05, 0.1) is 11.7 Å². The van der Waals surface area contributed by atoms with E-state index >= 15 is 0 Å². The fourth-order valence-corrected chi connectivity index (χ4v) is 3.68. The van der Waals surface area contributed by atoms with E-state index in [1.165, 1.54) is 0 Å². The molecule has 0 saturated carbocycles. The molecule has 206 valence electrons. The number of imide groups is 1. The maximum absolute atomic E-state index is 13.5. The van der Waals surface area contributed by atoms with Gasteiger partial charge in [-0.05, 0) is 71.1 Å². The van der Waals surface area contributed by atoms with E-state index in [-0.39, 0.29) is 24.4 Å². The first-order chi connectivity index (χ1) is 16.9. The zero-order valence-corrected chi connectivity index (χ0v) is 23.5. The molecule has 0 aliphatic carbocycles. The minimum absolute atomic E-state index is 0.0872. The molecule has 10 heteroatoms. The SMILES string of the molecule is CC(C)(C)OC(=O)NCC(=O)N[C@H]1CN[C@H](C(=O)N(C(=O)OC(C)(C)C)c2ccc(C(C)(C)C)cc2)C1. The standard InChI is InChI=1S/C27H42N4O6/c1-25(2,3)17-10-12-19(13-11-17)31(24(35)37-27(7,8)9)22(33)20-14-18(15-28-20)30-21(32)16-29-23(34)36-26(4,5)6/h10-13,18,20,28H,14-16H2,1-9H3,(H,29,34)(H,30,32)/t18-,20+/m1/s1. The third-order valence-corrected chi connectivity index (χ3v) is 5.37. The van der Waals surface area contributed by atoms with Gasteiger partial charge in [-0.1, -0.05) is 32.9 Å². The van der Waals surface area contributed by atoms with Gasteiger partial charge >= 0.3 is 12.2 Å². The lowest BCUT2D eigenvalue weighted by Gasteiger charge is -2.28. The lowest BCUT2D eigenvalue weighted by atomic mass is 9.87. The Morgan fingerprint density at radius 3 is 2.00 bits per heavy atom. The average Bonchev–Trinajstić information content (AvgIpc) is 3.18. The van der Waals surface area contributed by atoms with Crippen LogP contribution in [0.15, 0.2) is 24.3 Å². The number of carbonyl (C=O) groups is 4. The average molecular weight is 519 g/mol. The van der Waals surface area contributed by atoms with Crippen molar-refractivity contribution in [2.24, 2.45) is 0 Å². The second kappa shape index (κ2) is 11.5. The Bertz CT molecular complexity index is 986. The van der Waals surface area contributed by atoms with Crippen LogP contribution in [-0.2, 0) is 24.5 Å². The van der Waals surface area contributed by atoms with Crippen molar-refractivity contribution in [2.45, 2.75) is 97.4 Å². The van der Waals surface area contributed by atoms with Crippen molar-refractivity contribution in [1.82, 2.24) is 16.0 Å². The Kier molecular flexibility index (Phi) is 9.35. The van der Waals surface area contributed by atoms with E-state index in [0.29, 0.717) is 12.2 Å². The summed E-state index contributed by atoms with van der Waals surface area (Å²) in [6, 6.07) is 6.19. The number of carbonyl (C=O) groups excluding carboxylic acids is 4. The van der Waals surface area contributed by atoms with E-state index in [9.17, 15) is 19.2 Å². The van der Waals surface area contributed by atoms with E-state index in [1.807, 2.05) is 12.1 Å². The van der Waals surface area contributed by atoms with Gasteiger partial charge in [0.2, 0.25) is 5.91 Å². The molecule has 10 nitrogen and oxygen atoms in total. The molecule has 2 rings (SSSR count). The minimum Gasteiger partial charge on any atom is -0.444 e. The molecule has 0 bridgehead atoms. The molecule has 0 unspecified atom stereocenters. The zero-order valence-electron chi connectivity index (χ0n) is 23.5. The van der Waals surface area contributed by atoms with E-state index in [4.69, 9.17) is 9.47 Å². The lowest BCUT2D eigenvalue weighted by Crippen LogP contribution is -2.48. The Balaban J connectivity index is 2.08. The van der Waals surface area contributed by atoms with Crippen molar-refractivity contribution in [3.05, 3.63) is 29.8 Å². The Morgan fingerprint density at radius 2 is 1.49 bits per heavy atom. The largest absolute Gasteiger partial charge is 0.444 e. The first-order valence-electron chi connectivity index (χ1n) is 12.5. The highest BCUT2D eigenvalue weighted by Crippen LogP contribution is 2.27. The van der Waals surface area contributed by atoms with Gasteiger partial charge in [-0.15, -0.1) is 0 Å². The first kappa shape index (κ1) is 30.1. The van der Waals surface area contributed by atoms with Gasteiger partial charge in [-0.25, -0.2) is 14.5 Å². The number of rotatable bonds is 5. The summed E-state index contributed by atoms with van der Waals surface area (Å²) < 4.78 is 10.7. The second-order valence-corrected chi connectivity index (χ2v) is 12.3. The Morgan fingerprint density at radius 1 is 0.919 bits per heavy atom. The highest BCUT2D eigenvalue weighted by molar-refractivity contribution is 6.14. The molecular formula is C27H42N4O6. The molecule has 0 radical (unpaired) electrons. The highest BCUT2D eigenvalue weighted by Gasteiger charge is 2.38. The van der Waals surface area contributed by atoms with Crippen LogP contribution in [0.1, 0.15) is 74.3 Å². The van der Waals surface area contributed by atoms with Crippen LogP contribution >= 0.6 is 0 Å². The third kappa shape index (κ3) is 9.68. The Hall–Kier alpha value is -3.14. The van der Waals surface area contributed by atoms with Crippen molar-refractivity contribution in [3.8, 4) is 0 Å². The number of nitrogens with zero attached hydrogens (tertiary/aromatic N) is 1. The summed E-state index contributed by atoms with van der Waals surface area (Å²) in [5, 5.41) is 8.29. The second-order valence-electron chi connectivity index (χ2n) is 12.3. The van der Waals surface area contributed by atoms with Crippen LogP contribution in [0.5, 0.6) is 0 Å². The third-order valence-electron chi connectivity index (χ3n) is 5.37. The van der Waals surface area contributed by atoms with E-state index in [1.54, 1.807) is 53.7 Å². The first-order valence-corrected chi connectivity index (χ1v) is 12.5. The van der Waals surface area contributed by atoms with Crippen molar-refractivity contribution < 1.29 is 28.7 Å². The van der Waals surface area contributed by atoms with Gasteiger partial charge in [-0.2, -0.15) is 0 Å². The number of hydrogen-bond donors (Lipinski definition) is 3. The Labute approximate surface area is 219 Å². The van der Waals surface area contributed by atoms with Crippen molar-refractivity contribution in [2.75, 3.05) is 18.0 Å². The van der Waals surface area contributed by atoms with Gasteiger partial charge in [-0.3, -0.25) is 9.59 Å². The number of hydrogen-bond acceptors (Lipinski definition) is 7. The fourth-order valence-electron chi connectivity index (χ4n) is 3.68. The molecule has 37 heavy (non-hydrogen) atoms. The summed E-state index contributed by atoms with van der Waals surface area (Å²) in [4.78, 5) is 51.7. The summed E-state index contributed by atoms with van der Waals surface area (Å²) in [6.45, 7) is 16.7. The van der Waals surface area contributed by atoms with Crippen molar-refractivity contribution >= 4 is 29.7 Å². The lowest BCUT2D eigenvalue weighted by molar-refractivity contribution is -0.122. The minimum atomic E-state index is -0.790. The molecule has 1 heterocycles. The maximum atomic E-state index is 13.5. The molecule has 1 aromatic rings. The smallest absolute Gasteiger partial charge is 0.421 e. The topological polar surface area (TPSA) is 126 Å². The summed E-state index contributed by atoms with van der Waals surface area (Å²) in [7, 11) is 0.